The van der Waals surface area contributed by atoms with Gasteiger partial charge in [-0.25, -0.2) is 0 Å². The Bertz CT molecular complexity index is 637. The zero-order valence-corrected chi connectivity index (χ0v) is 14.5. The largest absolute Gasteiger partial charge is 0.493 e. The number of hydrogen-bond donors (Lipinski definition) is 0. The Morgan fingerprint density at radius 2 is 2.10 bits per heavy atom. The van der Waals surface area contributed by atoms with Crippen molar-refractivity contribution >= 4 is 31.9 Å². The topological polar surface area (TPSA) is 9.23 Å². The standard InChI is InChI=1S/C17H16Br2O/c1-11-3-2-4-12(7-11)8-16(19)15-10-14(18)9-13-5-6-20-17(13)15/h2-4,7,9-10,16H,5-6,8H2,1H3. The zero-order valence-electron chi connectivity index (χ0n) is 11.3. The van der Waals surface area contributed by atoms with Crippen LogP contribution in [-0.2, 0) is 12.8 Å². The summed E-state index contributed by atoms with van der Waals surface area (Å²) in [6, 6.07) is 13.0. The van der Waals surface area contributed by atoms with Crippen molar-refractivity contribution in [2.75, 3.05) is 6.61 Å². The molecule has 0 N–H and O–H groups in total. The second-order valence-electron chi connectivity index (χ2n) is 5.24. The van der Waals surface area contributed by atoms with Gasteiger partial charge < -0.3 is 4.74 Å². The third-order valence-electron chi connectivity index (χ3n) is 3.61. The van der Waals surface area contributed by atoms with Crippen LogP contribution in [0.1, 0.15) is 27.1 Å². The van der Waals surface area contributed by atoms with E-state index in [1.165, 1.54) is 22.3 Å². The minimum atomic E-state index is 0.272. The summed E-state index contributed by atoms with van der Waals surface area (Å²) in [7, 11) is 0. The molecule has 1 heterocycles. The number of aryl methyl sites for hydroxylation is 1. The van der Waals surface area contributed by atoms with Crippen LogP contribution in [0.2, 0.25) is 0 Å². The average Bonchev–Trinajstić information content (AvgIpc) is 2.85. The third-order valence-corrected chi connectivity index (χ3v) is 4.89. The summed E-state index contributed by atoms with van der Waals surface area (Å²) in [5, 5.41) is 0. The Kier molecular flexibility index (Phi) is 4.18. The highest BCUT2D eigenvalue weighted by Crippen LogP contribution is 2.40. The summed E-state index contributed by atoms with van der Waals surface area (Å²) in [4.78, 5) is 0.272. The minimum absolute atomic E-state index is 0.272. The lowest BCUT2D eigenvalue weighted by Gasteiger charge is -2.15. The van der Waals surface area contributed by atoms with Crippen LogP contribution in [0.3, 0.4) is 0 Å². The van der Waals surface area contributed by atoms with Gasteiger partial charge in [0.1, 0.15) is 5.75 Å². The first-order valence-corrected chi connectivity index (χ1v) is 8.49. The van der Waals surface area contributed by atoms with Crippen molar-refractivity contribution in [1.29, 1.82) is 0 Å². The highest BCUT2D eigenvalue weighted by molar-refractivity contribution is 9.10. The van der Waals surface area contributed by atoms with Gasteiger partial charge in [-0.2, -0.15) is 0 Å². The number of ether oxygens (including phenoxy) is 1. The van der Waals surface area contributed by atoms with Gasteiger partial charge in [0, 0.05) is 21.3 Å². The summed E-state index contributed by atoms with van der Waals surface area (Å²) < 4.78 is 6.95. The molecule has 0 spiro atoms. The molecule has 0 amide bonds. The average molecular weight is 396 g/mol. The van der Waals surface area contributed by atoms with Crippen molar-refractivity contribution in [3.8, 4) is 5.75 Å². The highest BCUT2D eigenvalue weighted by atomic mass is 79.9. The fraction of sp³-hybridized carbons (Fsp3) is 0.294. The summed E-state index contributed by atoms with van der Waals surface area (Å²) in [5.41, 5.74) is 5.20. The van der Waals surface area contributed by atoms with Gasteiger partial charge in [-0.1, -0.05) is 61.7 Å². The van der Waals surface area contributed by atoms with Crippen LogP contribution < -0.4 is 4.74 Å². The molecule has 2 aromatic carbocycles. The number of benzene rings is 2. The van der Waals surface area contributed by atoms with Gasteiger partial charge in [0.05, 0.1) is 6.61 Å². The molecule has 2 aromatic rings. The van der Waals surface area contributed by atoms with Crippen LogP contribution in [0, 0.1) is 6.92 Å². The zero-order chi connectivity index (χ0) is 14.1. The Hall–Kier alpha value is -0.800. The molecule has 1 atom stereocenters. The fourth-order valence-electron chi connectivity index (χ4n) is 2.69. The van der Waals surface area contributed by atoms with Crippen LogP contribution in [0.25, 0.3) is 0 Å². The van der Waals surface area contributed by atoms with Gasteiger partial charge in [0.2, 0.25) is 0 Å². The van der Waals surface area contributed by atoms with Gasteiger partial charge in [-0.15, -0.1) is 0 Å². The van der Waals surface area contributed by atoms with Crippen LogP contribution in [0.15, 0.2) is 40.9 Å². The number of hydrogen-bond acceptors (Lipinski definition) is 1. The highest BCUT2D eigenvalue weighted by Gasteiger charge is 2.22. The maximum atomic E-state index is 5.82. The van der Waals surface area contributed by atoms with E-state index in [4.69, 9.17) is 4.74 Å². The van der Waals surface area contributed by atoms with E-state index in [2.05, 4.69) is 75.2 Å². The van der Waals surface area contributed by atoms with Crippen molar-refractivity contribution < 1.29 is 4.74 Å². The Balaban J connectivity index is 1.89. The van der Waals surface area contributed by atoms with Gasteiger partial charge in [0.15, 0.2) is 0 Å². The van der Waals surface area contributed by atoms with Crippen molar-refractivity contribution in [1.82, 2.24) is 0 Å². The predicted molar refractivity (Wildman–Crippen MR) is 89.9 cm³/mol. The van der Waals surface area contributed by atoms with Gasteiger partial charge in [-0.3, -0.25) is 0 Å². The van der Waals surface area contributed by atoms with E-state index in [-0.39, 0.29) is 4.83 Å². The number of fused-ring (bicyclic) bond motifs is 1. The third kappa shape index (κ3) is 2.94. The summed E-state index contributed by atoms with van der Waals surface area (Å²) in [6.07, 6.45) is 1.97. The monoisotopic (exact) mass is 394 g/mol. The molecule has 1 nitrogen and oxygen atoms in total. The molecule has 20 heavy (non-hydrogen) atoms. The van der Waals surface area contributed by atoms with E-state index >= 15 is 0 Å². The van der Waals surface area contributed by atoms with Crippen molar-refractivity contribution in [3.63, 3.8) is 0 Å². The lowest BCUT2D eigenvalue weighted by molar-refractivity contribution is 0.353. The number of rotatable bonds is 3. The van der Waals surface area contributed by atoms with Gasteiger partial charge in [-0.05, 0) is 36.6 Å². The van der Waals surface area contributed by atoms with E-state index in [9.17, 15) is 0 Å². The molecule has 0 aromatic heterocycles. The van der Waals surface area contributed by atoms with Gasteiger partial charge in [0.25, 0.3) is 0 Å². The van der Waals surface area contributed by atoms with E-state index in [1.54, 1.807) is 0 Å². The minimum Gasteiger partial charge on any atom is -0.493 e. The van der Waals surface area contributed by atoms with Crippen LogP contribution >= 0.6 is 31.9 Å². The Morgan fingerprint density at radius 1 is 1.25 bits per heavy atom. The molecular formula is C17H16Br2O. The van der Waals surface area contributed by atoms with E-state index in [0.717, 1.165) is 29.7 Å². The number of halogens is 2. The molecule has 0 bridgehead atoms. The fourth-order valence-corrected chi connectivity index (χ4v) is 3.92. The normalized spacial score (nSPS) is 14.8. The SMILES string of the molecule is Cc1cccc(CC(Br)c2cc(Br)cc3c2OCC3)c1. The molecular weight excluding hydrogens is 380 g/mol. The molecule has 0 aliphatic carbocycles. The van der Waals surface area contributed by atoms with Crippen LogP contribution in [-0.4, -0.2) is 6.61 Å². The summed E-state index contributed by atoms with van der Waals surface area (Å²) >= 11 is 7.44. The smallest absolute Gasteiger partial charge is 0.127 e. The first-order valence-electron chi connectivity index (χ1n) is 6.78. The lowest BCUT2D eigenvalue weighted by Crippen LogP contribution is -1.99. The Labute approximate surface area is 136 Å². The van der Waals surface area contributed by atoms with Crippen molar-refractivity contribution in [3.05, 3.63) is 63.1 Å². The molecule has 0 saturated carbocycles. The van der Waals surface area contributed by atoms with Crippen LogP contribution in [0.5, 0.6) is 5.75 Å². The summed E-state index contributed by atoms with van der Waals surface area (Å²) in [6.45, 7) is 2.93. The van der Waals surface area contributed by atoms with E-state index < -0.39 is 0 Å². The van der Waals surface area contributed by atoms with Crippen LogP contribution in [0.4, 0.5) is 0 Å². The predicted octanol–water partition coefficient (Wildman–Crippen LogP) is 5.37. The first-order chi connectivity index (χ1) is 9.63. The maximum Gasteiger partial charge on any atom is 0.127 e. The molecule has 1 unspecified atom stereocenters. The van der Waals surface area contributed by atoms with Crippen molar-refractivity contribution in [2.45, 2.75) is 24.6 Å². The second-order valence-corrected chi connectivity index (χ2v) is 7.26. The van der Waals surface area contributed by atoms with E-state index in [1.807, 2.05) is 0 Å². The summed E-state index contributed by atoms with van der Waals surface area (Å²) in [5.74, 6) is 1.07. The first kappa shape index (κ1) is 14.2. The second kappa shape index (κ2) is 5.90. The molecule has 3 heteroatoms. The quantitative estimate of drug-likeness (QED) is 0.634. The Morgan fingerprint density at radius 3 is 2.90 bits per heavy atom. The van der Waals surface area contributed by atoms with E-state index in [0.29, 0.717) is 0 Å². The molecule has 0 radical (unpaired) electrons. The molecule has 104 valence electrons. The molecule has 3 rings (SSSR count). The molecule has 0 saturated heterocycles. The number of alkyl halides is 1. The van der Waals surface area contributed by atoms with Crippen molar-refractivity contribution in [2.24, 2.45) is 0 Å². The lowest BCUT2D eigenvalue weighted by atomic mass is 10.00. The van der Waals surface area contributed by atoms with Gasteiger partial charge >= 0.3 is 0 Å². The molecule has 1 aliphatic heterocycles. The molecule has 0 fully saturated rings. The maximum absolute atomic E-state index is 5.82. The molecule has 1 aliphatic rings.